The molecule has 2 aliphatic heterocycles. The van der Waals surface area contributed by atoms with Crippen molar-refractivity contribution >= 4 is 28.8 Å². The molecule has 1 saturated carbocycles. The SMILES string of the molecule is COC1(C)CCN(c2ccc3c(c2)N(C(=O)[C@H]2CC[C@H](OC(C)C)CC2)Cc2cccnc2N3)CC1. The van der Waals surface area contributed by atoms with E-state index in [9.17, 15) is 4.79 Å². The number of nitrogens with one attached hydrogen (secondary N) is 1. The highest BCUT2D eigenvalue weighted by Crippen LogP contribution is 2.40. The molecule has 2 aromatic rings. The van der Waals surface area contributed by atoms with Gasteiger partial charge in [0.2, 0.25) is 5.91 Å². The van der Waals surface area contributed by atoms with Gasteiger partial charge in [-0.15, -0.1) is 0 Å². The molecule has 1 saturated heterocycles. The van der Waals surface area contributed by atoms with Crippen LogP contribution < -0.4 is 15.1 Å². The van der Waals surface area contributed by atoms with Crippen LogP contribution in [0.2, 0.25) is 0 Å². The number of methoxy groups -OCH3 is 1. The third-order valence-electron chi connectivity index (χ3n) is 8.18. The monoisotopic (exact) mass is 492 g/mol. The molecule has 1 aliphatic carbocycles. The summed E-state index contributed by atoms with van der Waals surface area (Å²) < 4.78 is 11.8. The van der Waals surface area contributed by atoms with E-state index in [0.717, 1.165) is 80.1 Å². The number of nitrogens with zero attached hydrogens (tertiary/aromatic N) is 3. The van der Waals surface area contributed by atoms with Crippen LogP contribution >= 0.6 is 0 Å². The molecular formula is C29H40N4O3. The smallest absolute Gasteiger partial charge is 0.230 e. The van der Waals surface area contributed by atoms with Gasteiger partial charge in [-0.3, -0.25) is 4.79 Å². The number of ether oxygens (including phenoxy) is 2. The van der Waals surface area contributed by atoms with Gasteiger partial charge in [-0.2, -0.15) is 0 Å². The lowest BCUT2D eigenvalue weighted by Crippen LogP contribution is -2.43. The minimum absolute atomic E-state index is 0.0177. The lowest BCUT2D eigenvalue weighted by atomic mass is 9.86. The fraction of sp³-hybridized carbons (Fsp3) is 0.586. The molecule has 1 aromatic carbocycles. The number of pyridine rings is 1. The number of hydrogen-bond acceptors (Lipinski definition) is 6. The van der Waals surface area contributed by atoms with Crippen molar-refractivity contribution in [2.75, 3.05) is 35.3 Å². The van der Waals surface area contributed by atoms with Crippen molar-refractivity contribution in [1.82, 2.24) is 4.98 Å². The number of carbonyl (C=O) groups excluding carboxylic acids is 1. The fourth-order valence-corrected chi connectivity index (χ4v) is 5.80. The maximum Gasteiger partial charge on any atom is 0.230 e. The van der Waals surface area contributed by atoms with Crippen LogP contribution in [0.25, 0.3) is 0 Å². The summed E-state index contributed by atoms with van der Waals surface area (Å²) in [6.07, 6.45) is 7.89. The van der Waals surface area contributed by atoms with Crippen LogP contribution in [0, 0.1) is 5.92 Å². The summed E-state index contributed by atoms with van der Waals surface area (Å²) in [7, 11) is 1.81. The molecule has 36 heavy (non-hydrogen) atoms. The van der Waals surface area contributed by atoms with Crippen molar-refractivity contribution in [1.29, 1.82) is 0 Å². The Bertz CT molecular complexity index is 1070. The van der Waals surface area contributed by atoms with Gasteiger partial charge in [0.05, 0.1) is 35.7 Å². The van der Waals surface area contributed by atoms with Crippen molar-refractivity contribution < 1.29 is 14.3 Å². The van der Waals surface area contributed by atoms with Crippen molar-refractivity contribution in [2.24, 2.45) is 5.92 Å². The Hall–Kier alpha value is -2.64. The molecule has 5 rings (SSSR count). The number of hydrogen-bond donors (Lipinski definition) is 1. The minimum atomic E-state index is -0.0583. The highest BCUT2D eigenvalue weighted by Gasteiger charge is 2.34. The number of amides is 1. The average molecular weight is 493 g/mol. The lowest BCUT2D eigenvalue weighted by molar-refractivity contribution is -0.124. The standard InChI is InChI=1S/C29H40N4O3/c1-20(2)36-24-10-7-21(8-11-24)28(34)33-19-22-6-5-15-30-27(22)31-25-12-9-23(18-26(25)33)32-16-13-29(3,35-4)14-17-32/h5-6,9,12,15,18,20-21,24H,7-8,10-11,13-14,16-17,19H2,1-4H3,(H,30,31)/t21-,24-. The second-order valence-electron chi connectivity index (χ2n) is 11.1. The van der Waals surface area contributed by atoms with Gasteiger partial charge in [0.1, 0.15) is 5.82 Å². The van der Waals surface area contributed by atoms with Gasteiger partial charge in [0.15, 0.2) is 0 Å². The zero-order chi connectivity index (χ0) is 25.3. The number of fused-ring (bicyclic) bond motifs is 2. The Labute approximate surface area is 215 Å². The quantitative estimate of drug-likeness (QED) is 0.581. The number of aromatic nitrogens is 1. The van der Waals surface area contributed by atoms with E-state index in [0.29, 0.717) is 6.54 Å². The highest BCUT2D eigenvalue weighted by atomic mass is 16.5. The number of rotatable bonds is 5. The molecule has 7 nitrogen and oxygen atoms in total. The second kappa shape index (κ2) is 10.4. The summed E-state index contributed by atoms with van der Waals surface area (Å²) in [6.45, 7) is 8.75. The van der Waals surface area contributed by atoms with Crippen LogP contribution in [0.4, 0.5) is 22.9 Å². The highest BCUT2D eigenvalue weighted by molar-refractivity contribution is 6.00. The van der Waals surface area contributed by atoms with Crippen LogP contribution in [0.15, 0.2) is 36.5 Å². The van der Waals surface area contributed by atoms with Crippen molar-refractivity contribution in [3.8, 4) is 0 Å². The Morgan fingerprint density at radius 2 is 1.89 bits per heavy atom. The lowest BCUT2D eigenvalue weighted by Gasteiger charge is -2.40. The summed E-state index contributed by atoms with van der Waals surface area (Å²) in [5.74, 6) is 1.05. The van der Waals surface area contributed by atoms with E-state index >= 15 is 0 Å². The zero-order valence-electron chi connectivity index (χ0n) is 22.1. The molecule has 0 radical (unpaired) electrons. The number of carbonyl (C=O) groups is 1. The van der Waals surface area contributed by atoms with Gasteiger partial charge >= 0.3 is 0 Å². The van der Waals surface area contributed by atoms with Crippen molar-refractivity contribution in [3.05, 3.63) is 42.1 Å². The second-order valence-corrected chi connectivity index (χ2v) is 11.1. The van der Waals surface area contributed by atoms with E-state index in [4.69, 9.17) is 9.47 Å². The topological polar surface area (TPSA) is 66.9 Å². The van der Waals surface area contributed by atoms with Gasteiger partial charge in [-0.1, -0.05) is 6.07 Å². The molecule has 0 spiro atoms. The Balaban J connectivity index is 1.41. The van der Waals surface area contributed by atoms with Crippen LogP contribution in [0.3, 0.4) is 0 Å². The van der Waals surface area contributed by atoms with Gasteiger partial charge in [0, 0.05) is 43.6 Å². The van der Waals surface area contributed by atoms with E-state index in [1.165, 1.54) is 0 Å². The first kappa shape index (κ1) is 25.0. The summed E-state index contributed by atoms with van der Waals surface area (Å²) in [5.41, 5.74) is 4.00. The van der Waals surface area contributed by atoms with E-state index in [-0.39, 0.29) is 29.6 Å². The van der Waals surface area contributed by atoms with E-state index in [1.54, 1.807) is 13.3 Å². The summed E-state index contributed by atoms with van der Waals surface area (Å²) >= 11 is 0. The molecule has 3 heterocycles. The van der Waals surface area contributed by atoms with E-state index < -0.39 is 0 Å². The zero-order valence-corrected chi connectivity index (χ0v) is 22.1. The molecule has 0 bridgehead atoms. The largest absolute Gasteiger partial charge is 0.378 e. The van der Waals surface area contributed by atoms with Gasteiger partial charge < -0.3 is 24.6 Å². The van der Waals surface area contributed by atoms with Gasteiger partial charge in [-0.25, -0.2) is 4.98 Å². The normalized spacial score (nSPS) is 23.5. The number of piperidine rings is 1. The predicted molar refractivity (Wildman–Crippen MR) is 144 cm³/mol. The molecule has 3 aliphatic rings. The molecule has 1 aromatic heterocycles. The van der Waals surface area contributed by atoms with Crippen LogP contribution in [-0.2, 0) is 20.8 Å². The minimum Gasteiger partial charge on any atom is -0.378 e. The predicted octanol–water partition coefficient (Wildman–Crippen LogP) is 5.66. The summed E-state index contributed by atoms with van der Waals surface area (Å²) in [6, 6.07) is 10.5. The molecular weight excluding hydrogens is 452 g/mol. The van der Waals surface area contributed by atoms with Crippen LogP contribution in [0.5, 0.6) is 0 Å². The average Bonchev–Trinajstić information content (AvgIpc) is 3.05. The van der Waals surface area contributed by atoms with Crippen molar-refractivity contribution in [3.63, 3.8) is 0 Å². The fourth-order valence-electron chi connectivity index (χ4n) is 5.80. The van der Waals surface area contributed by atoms with E-state index in [2.05, 4.69) is 60.2 Å². The third-order valence-corrected chi connectivity index (χ3v) is 8.18. The summed E-state index contributed by atoms with van der Waals surface area (Å²) in [5, 5.41) is 3.51. The third kappa shape index (κ3) is 5.23. The molecule has 0 atom stereocenters. The van der Waals surface area contributed by atoms with Gasteiger partial charge in [-0.05, 0) is 83.6 Å². The maximum atomic E-state index is 14.0. The molecule has 1 amide bonds. The Morgan fingerprint density at radius 3 is 2.58 bits per heavy atom. The first-order chi connectivity index (χ1) is 17.3. The molecule has 7 heteroatoms. The Kier molecular flexibility index (Phi) is 7.22. The number of anilines is 4. The Morgan fingerprint density at radius 1 is 1.14 bits per heavy atom. The van der Waals surface area contributed by atoms with Crippen molar-refractivity contribution in [2.45, 2.75) is 83.6 Å². The molecule has 2 fully saturated rings. The first-order valence-electron chi connectivity index (χ1n) is 13.5. The van der Waals surface area contributed by atoms with Gasteiger partial charge in [0.25, 0.3) is 0 Å². The van der Waals surface area contributed by atoms with Crippen LogP contribution in [0.1, 0.15) is 64.9 Å². The molecule has 194 valence electrons. The maximum absolute atomic E-state index is 14.0. The summed E-state index contributed by atoms with van der Waals surface area (Å²) in [4.78, 5) is 23.0. The van der Waals surface area contributed by atoms with Crippen LogP contribution in [-0.4, -0.2) is 48.9 Å². The van der Waals surface area contributed by atoms with E-state index in [1.807, 2.05) is 11.0 Å². The first-order valence-corrected chi connectivity index (χ1v) is 13.5. The number of benzene rings is 1. The molecule has 1 N–H and O–H groups in total. The molecule has 0 unspecified atom stereocenters.